The zero-order chi connectivity index (χ0) is 19.3. The minimum Gasteiger partial charge on any atom is -0.433 e. The largest absolute Gasteiger partial charge is 0.513 e. The highest BCUT2D eigenvalue weighted by Crippen LogP contribution is 2.34. The Morgan fingerprint density at radius 2 is 1.59 bits per heavy atom. The highest BCUT2D eigenvalue weighted by atomic mass is 35.5. The molecule has 5 heteroatoms. The number of halogens is 1. The summed E-state index contributed by atoms with van der Waals surface area (Å²) in [4.78, 5) is 14.7. The van der Waals surface area contributed by atoms with Crippen LogP contribution in [0.25, 0.3) is 0 Å². The van der Waals surface area contributed by atoms with Crippen molar-refractivity contribution < 1.29 is 14.3 Å². The summed E-state index contributed by atoms with van der Waals surface area (Å²) in [5.41, 5.74) is 2.10. The Balaban J connectivity index is 0.00000364. The Kier molecular flexibility index (Phi) is 9.61. The lowest BCUT2D eigenvalue weighted by Gasteiger charge is -2.34. The maximum absolute atomic E-state index is 12.3. The number of benzene rings is 1. The predicted molar refractivity (Wildman–Crippen MR) is 113 cm³/mol. The van der Waals surface area contributed by atoms with Gasteiger partial charge in [-0.15, -0.1) is 12.4 Å². The number of likely N-dealkylation sites (tertiary alicyclic amines) is 1. The van der Waals surface area contributed by atoms with Crippen LogP contribution in [0.2, 0.25) is 0 Å². The van der Waals surface area contributed by atoms with Gasteiger partial charge in [0.15, 0.2) is 0 Å². The van der Waals surface area contributed by atoms with E-state index in [9.17, 15) is 4.79 Å². The molecule has 2 atom stereocenters. The van der Waals surface area contributed by atoms with Crippen LogP contribution in [0.3, 0.4) is 0 Å². The number of carbonyl (C=O) groups excluding carboxylic acids is 1. The van der Waals surface area contributed by atoms with Crippen molar-refractivity contribution in [2.45, 2.75) is 59.8 Å². The molecule has 0 aromatic heterocycles. The number of para-hydroxylation sites is 1. The molecule has 2 unspecified atom stereocenters. The molecule has 4 nitrogen and oxygen atoms in total. The van der Waals surface area contributed by atoms with Crippen molar-refractivity contribution in [3.05, 3.63) is 29.3 Å². The minimum atomic E-state index is -0.599. The zero-order valence-electron chi connectivity index (χ0n) is 17.7. The quantitative estimate of drug-likeness (QED) is 0.446. The average Bonchev–Trinajstić information content (AvgIpc) is 2.53. The predicted octanol–water partition coefficient (Wildman–Crippen LogP) is 5.85. The third-order valence-corrected chi connectivity index (χ3v) is 5.08. The van der Waals surface area contributed by atoms with Gasteiger partial charge in [-0.3, -0.25) is 4.90 Å². The molecule has 1 aliphatic rings. The van der Waals surface area contributed by atoms with E-state index in [0.29, 0.717) is 24.2 Å². The summed E-state index contributed by atoms with van der Waals surface area (Å²) in [7, 11) is 0. The Labute approximate surface area is 171 Å². The number of piperidine rings is 1. The second-order valence-electron chi connectivity index (χ2n) is 8.48. The maximum atomic E-state index is 12.3. The fourth-order valence-electron chi connectivity index (χ4n) is 3.95. The van der Waals surface area contributed by atoms with Crippen molar-refractivity contribution in [3.63, 3.8) is 0 Å². The van der Waals surface area contributed by atoms with Gasteiger partial charge < -0.3 is 9.47 Å². The van der Waals surface area contributed by atoms with Gasteiger partial charge in [0.1, 0.15) is 12.4 Å². The van der Waals surface area contributed by atoms with Crippen molar-refractivity contribution in [3.8, 4) is 5.75 Å². The van der Waals surface area contributed by atoms with Crippen LogP contribution in [0.1, 0.15) is 70.9 Å². The Morgan fingerprint density at radius 3 is 2.07 bits per heavy atom. The molecule has 1 aromatic rings. The van der Waals surface area contributed by atoms with Crippen LogP contribution >= 0.6 is 12.4 Å². The maximum Gasteiger partial charge on any atom is 0.513 e. The van der Waals surface area contributed by atoms with E-state index < -0.39 is 6.16 Å². The lowest BCUT2D eigenvalue weighted by Crippen LogP contribution is -2.40. The van der Waals surface area contributed by atoms with Crippen LogP contribution in [-0.4, -0.2) is 37.3 Å². The highest BCUT2D eigenvalue weighted by Gasteiger charge is 2.22. The molecule has 1 heterocycles. The molecule has 0 aliphatic carbocycles. The van der Waals surface area contributed by atoms with Crippen molar-refractivity contribution >= 4 is 18.6 Å². The summed E-state index contributed by atoms with van der Waals surface area (Å²) < 4.78 is 11.0. The van der Waals surface area contributed by atoms with Crippen molar-refractivity contribution in [1.29, 1.82) is 0 Å². The van der Waals surface area contributed by atoms with Crippen LogP contribution in [-0.2, 0) is 4.74 Å². The fraction of sp³-hybridized carbons (Fsp3) is 0.682. The first-order valence-corrected chi connectivity index (χ1v) is 9.97. The van der Waals surface area contributed by atoms with Crippen molar-refractivity contribution in [2.24, 2.45) is 11.8 Å². The molecule has 0 amide bonds. The molecule has 0 N–H and O–H groups in total. The van der Waals surface area contributed by atoms with Gasteiger partial charge in [0, 0.05) is 19.6 Å². The molecule has 27 heavy (non-hydrogen) atoms. The van der Waals surface area contributed by atoms with Crippen LogP contribution < -0.4 is 4.74 Å². The van der Waals surface area contributed by atoms with E-state index in [4.69, 9.17) is 9.47 Å². The summed E-state index contributed by atoms with van der Waals surface area (Å²) in [6, 6.07) is 6.08. The molecule has 2 rings (SSSR count). The van der Waals surface area contributed by atoms with Gasteiger partial charge in [-0.05, 0) is 41.2 Å². The molecule has 0 saturated carbocycles. The van der Waals surface area contributed by atoms with Crippen molar-refractivity contribution in [1.82, 2.24) is 4.90 Å². The Morgan fingerprint density at radius 1 is 1.07 bits per heavy atom. The van der Waals surface area contributed by atoms with E-state index in [2.05, 4.69) is 46.4 Å². The highest BCUT2D eigenvalue weighted by molar-refractivity contribution is 5.85. The van der Waals surface area contributed by atoms with E-state index in [-0.39, 0.29) is 24.2 Å². The van der Waals surface area contributed by atoms with Crippen molar-refractivity contribution in [2.75, 3.05) is 26.2 Å². The van der Waals surface area contributed by atoms with Gasteiger partial charge in [0.2, 0.25) is 0 Å². The van der Waals surface area contributed by atoms with Gasteiger partial charge in [0.25, 0.3) is 0 Å². The Bertz CT molecular complexity index is 567. The molecule has 0 bridgehead atoms. The fourth-order valence-corrected chi connectivity index (χ4v) is 3.95. The van der Waals surface area contributed by atoms with Gasteiger partial charge in [-0.25, -0.2) is 4.79 Å². The SMILES string of the molecule is CC1CC(C)CN(CCOC(=O)Oc2c(C(C)C)cccc2C(C)C)C1.Cl. The van der Waals surface area contributed by atoms with Gasteiger partial charge >= 0.3 is 6.16 Å². The second-order valence-corrected chi connectivity index (χ2v) is 8.48. The van der Waals surface area contributed by atoms with Gasteiger partial charge in [0.05, 0.1) is 0 Å². The van der Waals surface area contributed by atoms with Crippen LogP contribution in [0.4, 0.5) is 4.79 Å². The lowest BCUT2D eigenvalue weighted by atomic mass is 9.92. The number of ether oxygens (including phenoxy) is 2. The summed E-state index contributed by atoms with van der Waals surface area (Å²) in [6.07, 6.45) is 0.682. The van der Waals surface area contributed by atoms with E-state index in [0.717, 1.165) is 30.8 Å². The molecular weight excluding hydrogens is 362 g/mol. The van der Waals surface area contributed by atoms with Crippen LogP contribution in [0.15, 0.2) is 18.2 Å². The van der Waals surface area contributed by atoms with E-state index >= 15 is 0 Å². The smallest absolute Gasteiger partial charge is 0.433 e. The van der Waals surface area contributed by atoms with E-state index in [1.165, 1.54) is 6.42 Å². The molecule has 154 valence electrons. The molecule has 1 saturated heterocycles. The first-order valence-electron chi connectivity index (χ1n) is 9.97. The third kappa shape index (κ3) is 7.00. The molecule has 1 fully saturated rings. The summed E-state index contributed by atoms with van der Waals surface area (Å²) in [5.74, 6) is 2.65. The second kappa shape index (κ2) is 10.9. The molecule has 0 spiro atoms. The first kappa shape index (κ1) is 23.8. The van der Waals surface area contributed by atoms with Crippen LogP contribution in [0.5, 0.6) is 5.75 Å². The topological polar surface area (TPSA) is 38.8 Å². The van der Waals surface area contributed by atoms with Crippen LogP contribution in [0, 0.1) is 11.8 Å². The van der Waals surface area contributed by atoms with E-state index in [1.54, 1.807) is 0 Å². The summed E-state index contributed by atoms with van der Waals surface area (Å²) >= 11 is 0. The lowest BCUT2D eigenvalue weighted by molar-refractivity contribution is 0.0707. The monoisotopic (exact) mass is 397 g/mol. The molecule has 1 aromatic carbocycles. The molecule has 0 radical (unpaired) electrons. The number of carbonyl (C=O) groups is 1. The van der Waals surface area contributed by atoms with Gasteiger partial charge in [-0.2, -0.15) is 0 Å². The third-order valence-electron chi connectivity index (χ3n) is 5.08. The molecular formula is C22H36ClNO3. The number of hydrogen-bond acceptors (Lipinski definition) is 4. The van der Waals surface area contributed by atoms with Gasteiger partial charge in [-0.1, -0.05) is 59.7 Å². The number of hydrogen-bond donors (Lipinski definition) is 0. The normalized spacial score (nSPS) is 20.4. The number of nitrogens with zero attached hydrogens (tertiary/aromatic N) is 1. The summed E-state index contributed by atoms with van der Waals surface area (Å²) in [6.45, 7) is 16.3. The standard InChI is InChI=1S/C22H35NO3.ClH/c1-15(2)19-8-7-9-20(16(3)4)21(19)26-22(24)25-11-10-23-13-17(5)12-18(6)14-23;/h7-9,15-18H,10-14H2,1-6H3;1H. The summed E-state index contributed by atoms with van der Waals surface area (Å²) in [5, 5.41) is 0. The zero-order valence-corrected chi connectivity index (χ0v) is 18.5. The van der Waals surface area contributed by atoms with E-state index in [1.807, 2.05) is 18.2 Å². The first-order chi connectivity index (χ1) is 12.3. The number of rotatable bonds is 6. The average molecular weight is 398 g/mol. The Hall–Kier alpha value is -1.26. The minimum absolute atomic E-state index is 0. The molecule has 1 aliphatic heterocycles.